The van der Waals surface area contributed by atoms with Gasteiger partial charge < -0.3 is 10.6 Å². The van der Waals surface area contributed by atoms with E-state index in [1.54, 1.807) is 30.5 Å². The SMILES string of the molecule is C[C@@H]1CCCN(C(=O)c2ccn(-c3ccccc3F)n2)[C@H]1CN. The molecule has 122 valence electrons. The van der Waals surface area contributed by atoms with Crippen molar-refractivity contribution >= 4 is 5.91 Å². The smallest absolute Gasteiger partial charge is 0.274 e. The fourth-order valence-corrected chi connectivity index (χ4v) is 3.22. The Hall–Kier alpha value is -2.21. The van der Waals surface area contributed by atoms with E-state index in [-0.39, 0.29) is 17.8 Å². The first-order chi connectivity index (χ1) is 11.1. The molecule has 1 fully saturated rings. The lowest BCUT2D eigenvalue weighted by Crippen LogP contribution is -2.51. The highest BCUT2D eigenvalue weighted by molar-refractivity contribution is 5.92. The quantitative estimate of drug-likeness (QED) is 0.944. The van der Waals surface area contributed by atoms with Crippen molar-refractivity contribution < 1.29 is 9.18 Å². The third-order valence-corrected chi connectivity index (χ3v) is 4.53. The van der Waals surface area contributed by atoms with Crippen LogP contribution in [0.15, 0.2) is 36.5 Å². The minimum Gasteiger partial charge on any atom is -0.333 e. The van der Waals surface area contributed by atoms with Gasteiger partial charge in [0.2, 0.25) is 0 Å². The molecule has 1 saturated heterocycles. The van der Waals surface area contributed by atoms with Gasteiger partial charge in [0.1, 0.15) is 11.5 Å². The summed E-state index contributed by atoms with van der Waals surface area (Å²) >= 11 is 0. The van der Waals surface area contributed by atoms with Crippen LogP contribution in [0.25, 0.3) is 5.69 Å². The molecule has 2 aromatic rings. The van der Waals surface area contributed by atoms with Crippen LogP contribution in [0.3, 0.4) is 0 Å². The third-order valence-electron chi connectivity index (χ3n) is 4.53. The Morgan fingerprint density at radius 1 is 1.39 bits per heavy atom. The molecule has 0 unspecified atom stereocenters. The van der Waals surface area contributed by atoms with Gasteiger partial charge in [-0.1, -0.05) is 19.1 Å². The number of para-hydroxylation sites is 1. The van der Waals surface area contributed by atoms with Gasteiger partial charge >= 0.3 is 0 Å². The summed E-state index contributed by atoms with van der Waals surface area (Å²) in [5.41, 5.74) is 6.49. The Morgan fingerprint density at radius 2 is 2.17 bits per heavy atom. The number of carbonyl (C=O) groups is 1. The van der Waals surface area contributed by atoms with Gasteiger partial charge in [0.15, 0.2) is 5.69 Å². The average molecular weight is 316 g/mol. The van der Waals surface area contributed by atoms with Crippen molar-refractivity contribution in [1.82, 2.24) is 14.7 Å². The first-order valence-electron chi connectivity index (χ1n) is 7.93. The minimum absolute atomic E-state index is 0.0369. The largest absolute Gasteiger partial charge is 0.333 e. The number of likely N-dealkylation sites (tertiary alicyclic amines) is 1. The lowest BCUT2D eigenvalue weighted by molar-refractivity contribution is 0.0526. The summed E-state index contributed by atoms with van der Waals surface area (Å²) in [6.45, 7) is 3.26. The zero-order valence-corrected chi connectivity index (χ0v) is 13.2. The summed E-state index contributed by atoms with van der Waals surface area (Å²) in [7, 11) is 0. The molecule has 0 aliphatic carbocycles. The Bertz CT molecular complexity index is 699. The third kappa shape index (κ3) is 2.99. The van der Waals surface area contributed by atoms with Crippen molar-refractivity contribution in [2.24, 2.45) is 11.7 Å². The van der Waals surface area contributed by atoms with E-state index in [4.69, 9.17) is 5.73 Å². The molecule has 1 aromatic heterocycles. The van der Waals surface area contributed by atoms with E-state index in [0.717, 1.165) is 12.8 Å². The molecule has 6 heteroatoms. The summed E-state index contributed by atoms with van der Waals surface area (Å²) in [4.78, 5) is 14.6. The van der Waals surface area contributed by atoms with Crippen LogP contribution in [0.4, 0.5) is 4.39 Å². The van der Waals surface area contributed by atoms with E-state index >= 15 is 0 Å². The van der Waals surface area contributed by atoms with Crippen LogP contribution in [-0.4, -0.2) is 39.7 Å². The second kappa shape index (κ2) is 6.50. The molecule has 2 heterocycles. The number of piperidine rings is 1. The van der Waals surface area contributed by atoms with Crippen molar-refractivity contribution in [2.45, 2.75) is 25.8 Å². The monoisotopic (exact) mass is 316 g/mol. The summed E-state index contributed by atoms with van der Waals surface area (Å²) in [5.74, 6) is -0.130. The second-order valence-electron chi connectivity index (χ2n) is 6.02. The Labute approximate surface area is 134 Å². The van der Waals surface area contributed by atoms with Crippen LogP contribution in [0.5, 0.6) is 0 Å². The summed E-state index contributed by atoms with van der Waals surface area (Å²) < 4.78 is 15.2. The maximum atomic E-state index is 13.8. The number of nitrogens with zero attached hydrogens (tertiary/aromatic N) is 3. The number of benzene rings is 1. The highest BCUT2D eigenvalue weighted by Gasteiger charge is 2.32. The maximum absolute atomic E-state index is 13.8. The molecule has 1 aliphatic heterocycles. The summed E-state index contributed by atoms with van der Waals surface area (Å²) in [6, 6.07) is 8.02. The van der Waals surface area contributed by atoms with Gasteiger partial charge in [-0.15, -0.1) is 0 Å². The highest BCUT2D eigenvalue weighted by atomic mass is 19.1. The van der Waals surface area contributed by atoms with Gasteiger partial charge in [-0.2, -0.15) is 5.10 Å². The lowest BCUT2D eigenvalue weighted by Gasteiger charge is -2.39. The normalized spacial score (nSPS) is 21.4. The van der Waals surface area contributed by atoms with Crippen molar-refractivity contribution in [3.8, 4) is 5.69 Å². The number of aromatic nitrogens is 2. The van der Waals surface area contributed by atoms with Crippen LogP contribution in [0, 0.1) is 11.7 Å². The molecule has 2 atom stereocenters. The van der Waals surface area contributed by atoms with Gasteiger partial charge in [0, 0.05) is 25.3 Å². The first-order valence-corrected chi connectivity index (χ1v) is 7.93. The standard InChI is InChI=1S/C17H21FN4O/c1-12-5-4-9-21(16(12)11-19)17(23)14-8-10-22(20-14)15-7-3-2-6-13(15)18/h2-3,6-8,10,12,16H,4-5,9,11,19H2,1H3/t12-,16+/m1/s1. The fourth-order valence-electron chi connectivity index (χ4n) is 3.22. The molecule has 1 amide bonds. The zero-order valence-electron chi connectivity index (χ0n) is 13.2. The molecule has 3 rings (SSSR count). The molecule has 23 heavy (non-hydrogen) atoms. The van der Waals surface area contributed by atoms with E-state index in [1.165, 1.54) is 10.7 Å². The number of hydrogen-bond acceptors (Lipinski definition) is 3. The second-order valence-corrected chi connectivity index (χ2v) is 6.02. The number of rotatable bonds is 3. The predicted molar refractivity (Wildman–Crippen MR) is 85.8 cm³/mol. The number of carbonyl (C=O) groups excluding carboxylic acids is 1. The van der Waals surface area contributed by atoms with E-state index in [0.29, 0.717) is 30.4 Å². The topological polar surface area (TPSA) is 64.2 Å². The molecule has 0 radical (unpaired) electrons. The van der Waals surface area contributed by atoms with Crippen LogP contribution in [0.1, 0.15) is 30.3 Å². The molecule has 1 aromatic carbocycles. The molecular weight excluding hydrogens is 295 g/mol. The summed E-state index contributed by atoms with van der Waals surface area (Å²) in [6.07, 6.45) is 3.66. The summed E-state index contributed by atoms with van der Waals surface area (Å²) in [5, 5.41) is 4.25. The van der Waals surface area contributed by atoms with Crippen LogP contribution in [-0.2, 0) is 0 Å². The van der Waals surface area contributed by atoms with Crippen molar-refractivity contribution in [1.29, 1.82) is 0 Å². The molecule has 0 bridgehead atoms. The van der Waals surface area contributed by atoms with E-state index in [2.05, 4.69) is 12.0 Å². The first kappa shape index (κ1) is 15.7. The number of halogens is 1. The van der Waals surface area contributed by atoms with Crippen LogP contribution in [0.2, 0.25) is 0 Å². The molecule has 2 N–H and O–H groups in total. The van der Waals surface area contributed by atoms with Crippen LogP contribution < -0.4 is 5.73 Å². The Morgan fingerprint density at radius 3 is 2.91 bits per heavy atom. The molecule has 1 aliphatic rings. The minimum atomic E-state index is -0.374. The van der Waals surface area contributed by atoms with E-state index in [1.807, 2.05) is 4.90 Å². The lowest BCUT2D eigenvalue weighted by atomic mass is 9.90. The van der Waals surface area contributed by atoms with E-state index in [9.17, 15) is 9.18 Å². The number of amides is 1. The van der Waals surface area contributed by atoms with Crippen molar-refractivity contribution in [3.63, 3.8) is 0 Å². The van der Waals surface area contributed by atoms with Crippen molar-refractivity contribution in [3.05, 3.63) is 48.0 Å². The predicted octanol–water partition coefficient (Wildman–Crippen LogP) is 2.21. The maximum Gasteiger partial charge on any atom is 0.274 e. The Balaban J connectivity index is 1.85. The highest BCUT2D eigenvalue weighted by Crippen LogP contribution is 2.24. The van der Waals surface area contributed by atoms with Crippen LogP contribution >= 0.6 is 0 Å². The van der Waals surface area contributed by atoms with Gasteiger partial charge in [0.05, 0.1) is 0 Å². The molecular formula is C17H21FN4O. The average Bonchev–Trinajstić information content (AvgIpc) is 3.04. The van der Waals surface area contributed by atoms with E-state index < -0.39 is 0 Å². The Kier molecular flexibility index (Phi) is 4.43. The fraction of sp³-hybridized carbons (Fsp3) is 0.412. The molecule has 0 spiro atoms. The molecule has 5 nitrogen and oxygen atoms in total. The van der Waals surface area contributed by atoms with Gasteiger partial charge in [-0.25, -0.2) is 9.07 Å². The van der Waals surface area contributed by atoms with Gasteiger partial charge in [-0.3, -0.25) is 4.79 Å². The number of hydrogen-bond donors (Lipinski definition) is 1. The zero-order chi connectivity index (χ0) is 16.4. The number of nitrogens with two attached hydrogens (primary N) is 1. The van der Waals surface area contributed by atoms with Gasteiger partial charge in [0.25, 0.3) is 5.91 Å². The van der Waals surface area contributed by atoms with Gasteiger partial charge in [-0.05, 0) is 37.0 Å². The van der Waals surface area contributed by atoms with Crippen molar-refractivity contribution in [2.75, 3.05) is 13.1 Å². The molecule has 0 saturated carbocycles.